The summed E-state index contributed by atoms with van der Waals surface area (Å²) >= 11 is 1.63. The monoisotopic (exact) mass is 320 g/mol. The second-order valence-corrected chi connectivity index (χ2v) is 6.41. The van der Waals surface area contributed by atoms with Crippen molar-refractivity contribution in [1.82, 2.24) is 4.98 Å². The van der Waals surface area contributed by atoms with Crippen molar-refractivity contribution in [1.29, 1.82) is 0 Å². The first-order valence-corrected chi connectivity index (χ1v) is 7.97. The van der Waals surface area contributed by atoms with E-state index in [0.717, 1.165) is 25.7 Å². The number of rotatable bonds is 2. The molecule has 0 atom stereocenters. The minimum Gasteiger partial charge on any atom is -0.269 e. The molecule has 1 aliphatic rings. The van der Waals surface area contributed by atoms with Crippen molar-refractivity contribution >= 4 is 39.1 Å². The minimum atomic E-state index is -0.307. The number of amides is 2. The number of carbonyl (C=O) groups is 2. The number of nitrogens with zero attached hydrogens (tertiary/aromatic N) is 2. The van der Waals surface area contributed by atoms with E-state index in [-0.39, 0.29) is 11.8 Å². The van der Waals surface area contributed by atoms with Gasteiger partial charge in [-0.25, -0.2) is 9.88 Å². The van der Waals surface area contributed by atoms with Gasteiger partial charge in [0, 0.05) is 17.7 Å². The molecule has 0 spiro atoms. The van der Waals surface area contributed by atoms with E-state index >= 15 is 0 Å². The maximum atomic E-state index is 11.7. The fraction of sp³-hybridized carbons (Fsp3) is 0.0556. The van der Waals surface area contributed by atoms with Crippen molar-refractivity contribution in [3.05, 3.63) is 60.2 Å². The van der Waals surface area contributed by atoms with E-state index in [1.165, 1.54) is 17.7 Å². The molecular weight excluding hydrogens is 308 g/mol. The van der Waals surface area contributed by atoms with E-state index in [9.17, 15) is 9.59 Å². The fourth-order valence-electron chi connectivity index (χ4n) is 2.56. The topological polar surface area (TPSA) is 50.3 Å². The third-order valence-electron chi connectivity index (χ3n) is 3.73. The van der Waals surface area contributed by atoms with Crippen LogP contribution in [0.5, 0.6) is 0 Å². The number of hydrogen-bond donors (Lipinski definition) is 0. The van der Waals surface area contributed by atoms with E-state index in [0.29, 0.717) is 5.69 Å². The Bertz CT molecular complexity index is 952. The highest BCUT2D eigenvalue weighted by Gasteiger charge is 2.24. The molecule has 0 saturated carbocycles. The normalized spacial score (nSPS) is 14.2. The summed E-state index contributed by atoms with van der Waals surface area (Å²) in [6, 6.07) is 13.5. The molecule has 5 heteroatoms. The summed E-state index contributed by atoms with van der Waals surface area (Å²) in [4.78, 5) is 29.2. The summed E-state index contributed by atoms with van der Waals surface area (Å²) in [5, 5.41) is 0.925. The Labute approximate surface area is 136 Å². The van der Waals surface area contributed by atoms with Gasteiger partial charge in [0.2, 0.25) is 0 Å². The summed E-state index contributed by atoms with van der Waals surface area (Å²) in [5.41, 5.74) is 3.74. The van der Waals surface area contributed by atoms with Crippen LogP contribution in [0.2, 0.25) is 0 Å². The van der Waals surface area contributed by atoms with Crippen LogP contribution in [-0.2, 0) is 9.59 Å². The molecule has 2 heterocycles. The van der Waals surface area contributed by atoms with Crippen molar-refractivity contribution in [3.8, 4) is 10.6 Å². The number of benzene rings is 2. The van der Waals surface area contributed by atoms with E-state index in [2.05, 4.69) is 18.0 Å². The second kappa shape index (κ2) is 5.14. The Balaban J connectivity index is 1.69. The lowest BCUT2D eigenvalue weighted by Crippen LogP contribution is -2.29. The Morgan fingerprint density at radius 3 is 2.35 bits per heavy atom. The van der Waals surface area contributed by atoms with E-state index < -0.39 is 0 Å². The number of fused-ring (bicyclic) bond motifs is 1. The lowest BCUT2D eigenvalue weighted by molar-refractivity contribution is -0.119. The maximum absolute atomic E-state index is 11.7. The lowest BCUT2D eigenvalue weighted by Gasteiger charge is -2.13. The first kappa shape index (κ1) is 13.8. The van der Waals surface area contributed by atoms with Crippen LogP contribution in [-0.4, -0.2) is 16.8 Å². The molecule has 2 aromatic carbocycles. The highest BCUT2D eigenvalue weighted by atomic mass is 32.1. The zero-order chi connectivity index (χ0) is 16.0. The molecule has 1 aromatic heterocycles. The van der Waals surface area contributed by atoms with Gasteiger partial charge >= 0.3 is 0 Å². The number of carbonyl (C=O) groups excluding carboxylic acids is 2. The molecule has 0 N–H and O–H groups in total. The molecule has 3 aromatic rings. The average Bonchev–Trinajstić information content (AvgIpc) is 3.10. The summed E-state index contributed by atoms with van der Waals surface area (Å²) in [7, 11) is 0. The number of aryl methyl sites for hydroxylation is 1. The summed E-state index contributed by atoms with van der Waals surface area (Å²) in [6.07, 6.45) is 2.57. The third kappa shape index (κ3) is 2.35. The largest absolute Gasteiger partial charge is 0.269 e. The van der Waals surface area contributed by atoms with Crippen molar-refractivity contribution < 1.29 is 9.59 Å². The van der Waals surface area contributed by atoms with Crippen molar-refractivity contribution in [2.45, 2.75) is 6.92 Å². The fourth-order valence-corrected chi connectivity index (χ4v) is 3.63. The molecule has 4 rings (SSSR count). The van der Waals surface area contributed by atoms with Crippen molar-refractivity contribution in [2.75, 3.05) is 4.90 Å². The number of thiazole rings is 1. The van der Waals surface area contributed by atoms with Gasteiger partial charge in [-0.1, -0.05) is 6.07 Å². The molecule has 0 aliphatic carbocycles. The maximum Gasteiger partial charge on any atom is 0.258 e. The number of anilines is 1. The molecule has 4 nitrogen and oxygen atoms in total. The smallest absolute Gasteiger partial charge is 0.258 e. The second-order valence-electron chi connectivity index (χ2n) is 5.38. The SMILES string of the molecule is Cc1ccc2nc(-c3ccc(N4C(=O)C=CC4=O)cc3)sc2c1. The van der Waals surface area contributed by atoms with Gasteiger partial charge < -0.3 is 0 Å². The van der Waals surface area contributed by atoms with E-state index in [1.807, 2.05) is 24.3 Å². The Hall–Kier alpha value is -2.79. The quantitative estimate of drug-likeness (QED) is 0.677. The van der Waals surface area contributed by atoms with Gasteiger partial charge in [-0.3, -0.25) is 9.59 Å². The Morgan fingerprint density at radius 2 is 1.65 bits per heavy atom. The molecule has 0 saturated heterocycles. The number of aromatic nitrogens is 1. The molecule has 0 unspecified atom stereocenters. The molecule has 0 fully saturated rings. The zero-order valence-electron chi connectivity index (χ0n) is 12.3. The Morgan fingerprint density at radius 1 is 0.957 bits per heavy atom. The highest BCUT2D eigenvalue weighted by molar-refractivity contribution is 7.21. The molecule has 1 aliphatic heterocycles. The molecule has 0 bridgehead atoms. The van der Waals surface area contributed by atoms with Gasteiger partial charge in [-0.15, -0.1) is 11.3 Å². The predicted molar refractivity (Wildman–Crippen MR) is 91.4 cm³/mol. The third-order valence-corrected chi connectivity index (χ3v) is 4.79. The van der Waals surface area contributed by atoms with Crippen LogP contribution < -0.4 is 4.90 Å². The molecule has 23 heavy (non-hydrogen) atoms. The van der Waals surface area contributed by atoms with Crippen molar-refractivity contribution in [3.63, 3.8) is 0 Å². The van der Waals surface area contributed by atoms with E-state index in [1.54, 1.807) is 23.5 Å². The van der Waals surface area contributed by atoms with Crippen LogP contribution in [0.25, 0.3) is 20.8 Å². The zero-order valence-corrected chi connectivity index (χ0v) is 13.1. The molecule has 0 radical (unpaired) electrons. The van der Waals surface area contributed by atoms with Crippen LogP contribution in [0.4, 0.5) is 5.69 Å². The highest BCUT2D eigenvalue weighted by Crippen LogP contribution is 2.32. The van der Waals surface area contributed by atoms with Crippen LogP contribution in [0.3, 0.4) is 0 Å². The predicted octanol–water partition coefficient (Wildman–Crippen LogP) is 3.70. The van der Waals surface area contributed by atoms with Gasteiger partial charge in [-0.2, -0.15) is 0 Å². The molecule has 2 amide bonds. The molecule has 112 valence electrons. The van der Waals surface area contributed by atoms with Gasteiger partial charge in [0.15, 0.2) is 0 Å². The number of imide groups is 1. The lowest BCUT2D eigenvalue weighted by atomic mass is 10.2. The van der Waals surface area contributed by atoms with Gasteiger partial charge in [0.05, 0.1) is 15.9 Å². The first-order valence-electron chi connectivity index (χ1n) is 7.15. The standard InChI is InChI=1S/C18H12N2O2S/c1-11-2-7-14-15(10-11)23-18(19-14)12-3-5-13(6-4-12)20-16(21)8-9-17(20)22/h2-10H,1H3. The van der Waals surface area contributed by atoms with Crippen LogP contribution in [0.15, 0.2) is 54.6 Å². The van der Waals surface area contributed by atoms with Crippen LogP contribution in [0, 0.1) is 6.92 Å². The number of hydrogen-bond acceptors (Lipinski definition) is 4. The summed E-state index contributed by atoms with van der Waals surface area (Å²) in [5.74, 6) is -0.614. The average molecular weight is 320 g/mol. The van der Waals surface area contributed by atoms with Crippen LogP contribution >= 0.6 is 11.3 Å². The van der Waals surface area contributed by atoms with Gasteiger partial charge in [0.1, 0.15) is 5.01 Å². The molecular formula is C18H12N2O2S. The first-order chi connectivity index (χ1) is 11.1. The summed E-state index contributed by atoms with van der Waals surface area (Å²) < 4.78 is 1.15. The minimum absolute atomic E-state index is 0.307. The summed E-state index contributed by atoms with van der Waals surface area (Å²) in [6.45, 7) is 2.06. The van der Waals surface area contributed by atoms with Gasteiger partial charge in [0.25, 0.3) is 11.8 Å². The van der Waals surface area contributed by atoms with Crippen LogP contribution in [0.1, 0.15) is 5.56 Å². The van der Waals surface area contributed by atoms with Gasteiger partial charge in [-0.05, 0) is 48.9 Å². The Kier molecular flexibility index (Phi) is 3.09. The van der Waals surface area contributed by atoms with Crippen molar-refractivity contribution in [2.24, 2.45) is 0 Å². The van der Waals surface area contributed by atoms with E-state index in [4.69, 9.17) is 0 Å².